The molecule has 1 aliphatic heterocycles. The van der Waals surface area contributed by atoms with Crippen LogP contribution in [-0.4, -0.2) is 28.3 Å². The first kappa shape index (κ1) is 14.2. The zero-order valence-corrected chi connectivity index (χ0v) is 11.6. The minimum atomic E-state index is -0.690. The Bertz CT molecular complexity index is 768. The zero-order chi connectivity index (χ0) is 15.7. The Morgan fingerprint density at radius 2 is 2.18 bits per heavy atom. The van der Waals surface area contributed by atoms with Gasteiger partial charge in [-0.1, -0.05) is 0 Å². The van der Waals surface area contributed by atoms with Crippen LogP contribution < -0.4 is 10.6 Å². The van der Waals surface area contributed by atoms with Crippen molar-refractivity contribution >= 4 is 28.6 Å². The van der Waals surface area contributed by atoms with Gasteiger partial charge in [-0.25, -0.2) is 4.39 Å². The second-order valence-corrected chi connectivity index (χ2v) is 5.22. The number of piperidine rings is 1. The number of halogens is 1. The summed E-state index contributed by atoms with van der Waals surface area (Å²) in [6.07, 6.45) is 2.20. The number of aromatic nitrogens is 1. The minimum absolute atomic E-state index is 0.0207. The first-order chi connectivity index (χ1) is 10.5. The highest BCUT2D eigenvalue weighted by Crippen LogP contribution is 2.17. The molecule has 114 valence electrons. The van der Waals surface area contributed by atoms with Gasteiger partial charge in [0, 0.05) is 23.5 Å². The van der Waals surface area contributed by atoms with E-state index < -0.39 is 11.9 Å². The molecule has 1 aliphatic rings. The predicted octanol–water partition coefficient (Wildman–Crippen LogP) is 0.702. The SMILES string of the molecule is O=C1CCC(NC(=O)Cn2ccc3cc(F)ccc32)C(=O)N1. The number of fused-ring (bicyclic) bond motifs is 1. The number of nitrogens with zero attached hydrogens (tertiary/aromatic N) is 1. The van der Waals surface area contributed by atoms with Gasteiger partial charge in [0.25, 0.3) is 0 Å². The lowest BCUT2D eigenvalue weighted by Gasteiger charge is -2.21. The highest BCUT2D eigenvalue weighted by atomic mass is 19.1. The van der Waals surface area contributed by atoms with Gasteiger partial charge < -0.3 is 9.88 Å². The van der Waals surface area contributed by atoms with Crippen LogP contribution in [0.15, 0.2) is 30.5 Å². The van der Waals surface area contributed by atoms with Crippen molar-refractivity contribution < 1.29 is 18.8 Å². The average molecular weight is 303 g/mol. The Kier molecular flexibility index (Phi) is 3.62. The van der Waals surface area contributed by atoms with E-state index in [-0.39, 0.29) is 30.6 Å². The zero-order valence-electron chi connectivity index (χ0n) is 11.6. The van der Waals surface area contributed by atoms with Crippen molar-refractivity contribution in [3.63, 3.8) is 0 Å². The fraction of sp³-hybridized carbons (Fsp3) is 0.267. The second kappa shape index (κ2) is 5.59. The molecule has 6 nitrogen and oxygen atoms in total. The van der Waals surface area contributed by atoms with E-state index in [1.165, 1.54) is 12.1 Å². The average Bonchev–Trinajstić information content (AvgIpc) is 2.84. The summed E-state index contributed by atoms with van der Waals surface area (Å²) in [6, 6.07) is 5.35. The molecule has 7 heteroatoms. The molecule has 22 heavy (non-hydrogen) atoms. The molecule has 3 amide bonds. The molecule has 2 aromatic rings. The van der Waals surface area contributed by atoms with Gasteiger partial charge in [-0.3, -0.25) is 19.7 Å². The number of imide groups is 1. The van der Waals surface area contributed by atoms with Crippen LogP contribution in [0, 0.1) is 5.82 Å². The van der Waals surface area contributed by atoms with Crippen LogP contribution in [-0.2, 0) is 20.9 Å². The van der Waals surface area contributed by atoms with Crippen molar-refractivity contribution in [2.75, 3.05) is 0 Å². The summed E-state index contributed by atoms with van der Waals surface area (Å²) in [7, 11) is 0. The summed E-state index contributed by atoms with van der Waals surface area (Å²) in [5.41, 5.74) is 0.736. The van der Waals surface area contributed by atoms with Crippen molar-refractivity contribution in [3.05, 3.63) is 36.3 Å². The summed E-state index contributed by atoms with van der Waals surface area (Å²) < 4.78 is 14.8. The topological polar surface area (TPSA) is 80.2 Å². The van der Waals surface area contributed by atoms with Crippen LogP contribution in [0.2, 0.25) is 0 Å². The largest absolute Gasteiger partial charge is 0.343 e. The van der Waals surface area contributed by atoms with Crippen LogP contribution in [0.1, 0.15) is 12.8 Å². The number of carbonyl (C=O) groups is 3. The number of nitrogens with one attached hydrogen (secondary N) is 2. The molecule has 2 heterocycles. The Morgan fingerprint density at radius 1 is 1.36 bits per heavy atom. The van der Waals surface area contributed by atoms with Crippen LogP contribution in [0.25, 0.3) is 10.9 Å². The molecule has 0 aliphatic carbocycles. The lowest BCUT2D eigenvalue weighted by Crippen LogP contribution is -2.52. The van der Waals surface area contributed by atoms with Gasteiger partial charge in [-0.15, -0.1) is 0 Å². The third kappa shape index (κ3) is 2.83. The van der Waals surface area contributed by atoms with Crippen molar-refractivity contribution in [3.8, 4) is 0 Å². The van der Waals surface area contributed by atoms with Crippen LogP contribution in [0.5, 0.6) is 0 Å². The number of hydrogen-bond acceptors (Lipinski definition) is 3. The molecule has 0 saturated carbocycles. The smallest absolute Gasteiger partial charge is 0.249 e. The molecule has 1 atom stereocenters. The van der Waals surface area contributed by atoms with Crippen molar-refractivity contribution in [1.82, 2.24) is 15.2 Å². The van der Waals surface area contributed by atoms with E-state index >= 15 is 0 Å². The summed E-state index contributed by atoms with van der Waals surface area (Å²) in [5, 5.41) is 5.50. The number of carbonyl (C=O) groups excluding carboxylic acids is 3. The van der Waals surface area contributed by atoms with E-state index in [0.29, 0.717) is 11.8 Å². The molecule has 0 bridgehead atoms. The van der Waals surface area contributed by atoms with Gasteiger partial charge in [0.1, 0.15) is 18.4 Å². The van der Waals surface area contributed by atoms with Crippen LogP contribution >= 0.6 is 0 Å². The molecular formula is C15H14FN3O3. The predicted molar refractivity (Wildman–Crippen MR) is 76.2 cm³/mol. The number of benzene rings is 1. The van der Waals surface area contributed by atoms with E-state index in [9.17, 15) is 18.8 Å². The van der Waals surface area contributed by atoms with Gasteiger partial charge in [0.15, 0.2) is 0 Å². The van der Waals surface area contributed by atoms with Gasteiger partial charge in [-0.2, -0.15) is 0 Å². The molecule has 1 saturated heterocycles. The van der Waals surface area contributed by atoms with E-state index in [2.05, 4.69) is 10.6 Å². The quantitative estimate of drug-likeness (QED) is 0.819. The third-order valence-corrected chi connectivity index (χ3v) is 3.62. The Hall–Kier alpha value is -2.70. The van der Waals surface area contributed by atoms with E-state index in [1.807, 2.05) is 0 Å². The maximum absolute atomic E-state index is 13.1. The Labute approximate surface area is 125 Å². The number of amides is 3. The van der Waals surface area contributed by atoms with Crippen LogP contribution in [0.4, 0.5) is 4.39 Å². The molecule has 0 spiro atoms. The number of rotatable bonds is 3. The van der Waals surface area contributed by atoms with E-state index in [4.69, 9.17) is 0 Å². The first-order valence-corrected chi connectivity index (χ1v) is 6.90. The molecule has 0 radical (unpaired) electrons. The normalized spacial score (nSPS) is 18.3. The lowest BCUT2D eigenvalue weighted by atomic mass is 10.1. The molecule has 1 unspecified atom stereocenters. The van der Waals surface area contributed by atoms with Crippen molar-refractivity contribution in [2.24, 2.45) is 0 Å². The van der Waals surface area contributed by atoms with Gasteiger partial charge >= 0.3 is 0 Å². The molecular weight excluding hydrogens is 289 g/mol. The maximum Gasteiger partial charge on any atom is 0.249 e. The van der Waals surface area contributed by atoms with Gasteiger partial charge in [0.05, 0.1) is 0 Å². The van der Waals surface area contributed by atoms with Crippen molar-refractivity contribution in [2.45, 2.75) is 25.4 Å². The molecule has 1 fully saturated rings. The Morgan fingerprint density at radius 3 is 2.95 bits per heavy atom. The molecule has 3 rings (SSSR count). The fourth-order valence-electron chi connectivity index (χ4n) is 2.53. The minimum Gasteiger partial charge on any atom is -0.343 e. The molecule has 1 aromatic carbocycles. The highest BCUT2D eigenvalue weighted by Gasteiger charge is 2.27. The van der Waals surface area contributed by atoms with Gasteiger partial charge in [-0.05, 0) is 30.7 Å². The van der Waals surface area contributed by atoms with Gasteiger partial charge in [0.2, 0.25) is 17.7 Å². The maximum atomic E-state index is 13.1. The lowest BCUT2D eigenvalue weighted by molar-refractivity contribution is -0.137. The van der Waals surface area contributed by atoms with Crippen molar-refractivity contribution in [1.29, 1.82) is 0 Å². The Balaban J connectivity index is 1.68. The molecule has 2 N–H and O–H groups in total. The highest BCUT2D eigenvalue weighted by molar-refractivity contribution is 6.01. The summed E-state index contributed by atoms with van der Waals surface area (Å²) >= 11 is 0. The monoisotopic (exact) mass is 303 g/mol. The third-order valence-electron chi connectivity index (χ3n) is 3.62. The standard InChI is InChI=1S/C15H14FN3O3/c16-10-1-3-12-9(7-10)5-6-19(12)8-14(21)17-11-2-4-13(20)18-15(11)22/h1,3,5-7,11H,2,4,8H2,(H,17,21)(H,18,20,22). The second-order valence-electron chi connectivity index (χ2n) is 5.22. The summed E-state index contributed by atoms with van der Waals surface area (Å²) in [6.45, 7) is 0.0207. The molecule has 1 aromatic heterocycles. The summed E-state index contributed by atoms with van der Waals surface area (Å²) in [4.78, 5) is 34.7. The van der Waals surface area contributed by atoms with Crippen LogP contribution in [0.3, 0.4) is 0 Å². The fourth-order valence-corrected chi connectivity index (χ4v) is 2.53. The summed E-state index contributed by atoms with van der Waals surface area (Å²) in [5.74, 6) is -1.48. The first-order valence-electron chi connectivity index (χ1n) is 6.90. The number of hydrogen-bond donors (Lipinski definition) is 2. The van der Waals surface area contributed by atoms with E-state index in [0.717, 1.165) is 5.52 Å². The van der Waals surface area contributed by atoms with E-state index in [1.54, 1.807) is 22.9 Å².